The van der Waals surface area contributed by atoms with Crippen LogP contribution in [0.5, 0.6) is 0 Å². The molecule has 0 bridgehead atoms. The van der Waals surface area contributed by atoms with E-state index in [1.807, 2.05) is 0 Å². The third kappa shape index (κ3) is 4.06. The second-order valence-corrected chi connectivity index (χ2v) is 4.20. The van der Waals surface area contributed by atoms with E-state index in [1.165, 1.54) is 0 Å². The van der Waals surface area contributed by atoms with Crippen LogP contribution >= 0.6 is 0 Å². The Balaban J connectivity index is 2.13. The number of piperidine rings is 1. The molecule has 4 N–H and O–H groups in total. The maximum atomic E-state index is 10.9. The van der Waals surface area contributed by atoms with Gasteiger partial charge in [-0.15, -0.1) is 0 Å². The Morgan fingerprint density at radius 2 is 2.00 bits per heavy atom. The van der Waals surface area contributed by atoms with Gasteiger partial charge in [0.15, 0.2) is 0 Å². The van der Waals surface area contributed by atoms with E-state index in [0.717, 1.165) is 25.7 Å². The van der Waals surface area contributed by atoms with E-state index in [9.17, 15) is 9.59 Å². The zero-order valence-corrected chi connectivity index (χ0v) is 9.32. The first-order chi connectivity index (χ1) is 7.63. The van der Waals surface area contributed by atoms with E-state index in [4.69, 9.17) is 10.9 Å². The number of amides is 3. The van der Waals surface area contributed by atoms with Crippen molar-refractivity contribution in [3.8, 4) is 0 Å². The van der Waals surface area contributed by atoms with Gasteiger partial charge in [-0.25, -0.2) is 10.3 Å². The van der Waals surface area contributed by atoms with E-state index in [0.29, 0.717) is 25.4 Å². The second-order valence-electron chi connectivity index (χ2n) is 4.20. The van der Waals surface area contributed by atoms with Gasteiger partial charge in [-0.05, 0) is 31.6 Å². The van der Waals surface area contributed by atoms with E-state index < -0.39 is 0 Å². The van der Waals surface area contributed by atoms with Crippen molar-refractivity contribution < 1.29 is 14.8 Å². The van der Waals surface area contributed by atoms with Crippen molar-refractivity contribution in [1.82, 2.24) is 10.4 Å². The normalized spacial score (nSPS) is 17.2. The molecule has 0 aromatic rings. The SMILES string of the molecule is NC(=O)N1CCC(CCCC(=O)NO)CC1. The molecule has 0 radical (unpaired) electrons. The molecule has 3 amide bonds. The fraction of sp³-hybridized carbons (Fsp3) is 0.800. The number of nitrogens with two attached hydrogens (primary N) is 1. The minimum absolute atomic E-state index is 0.338. The molecule has 1 fully saturated rings. The highest BCUT2D eigenvalue weighted by atomic mass is 16.5. The summed E-state index contributed by atoms with van der Waals surface area (Å²) in [5.41, 5.74) is 6.79. The van der Waals surface area contributed by atoms with Crippen molar-refractivity contribution in [2.24, 2.45) is 11.7 Å². The van der Waals surface area contributed by atoms with Crippen LogP contribution in [0.4, 0.5) is 4.79 Å². The van der Waals surface area contributed by atoms with Crippen molar-refractivity contribution in [1.29, 1.82) is 0 Å². The Labute approximate surface area is 94.7 Å². The van der Waals surface area contributed by atoms with Crippen LogP contribution in [0.25, 0.3) is 0 Å². The summed E-state index contributed by atoms with van der Waals surface area (Å²) in [6.07, 6.45) is 3.98. The van der Waals surface area contributed by atoms with Crippen molar-refractivity contribution in [3.05, 3.63) is 0 Å². The first-order valence-electron chi connectivity index (χ1n) is 5.60. The predicted molar refractivity (Wildman–Crippen MR) is 57.7 cm³/mol. The van der Waals surface area contributed by atoms with Gasteiger partial charge in [0.05, 0.1) is 0 Å². The van der Waals surface area contributed by atoms with Crippen LogP contribution in [0, 0.1) is 5.92 Å². The Kier molecular flexibility index (Phi) is 5.04. The molecular formula is C10H19N3O3. The Morgan fingerprint density at radius 3 is 2.50 bits per heavy atom. The highest BCUT2D eigenvalue weighted by Gasteiger charge is 2.20. The molecule has 0 saturated carbocycles. The molecule has 1 saturated heterocycles. The number of nitrogens with one attached hydrogen (secondary N) is 1. The number of primary amides is 1. The second kappa shape index (κ2) is 6.32. The van der Waals surface area contributed by atoms with E-state index in [1.54, 1.807) is 10.4 Å². The number of rotatable bonds is 4. The lowest BCUT2D eigenvalue weighted by atomic mass is 9.91. The molecule has 0 atom stereocenters. The maximum Gasteiger partial charge on any atom is 0.314 e. The number of carbonyl (C=O) groups is 2. The summed E-state index contributed by atoms with van der Waals surface area (Å²) in [4.78, 5) is 23.3. The van der Waals surface area contributed by atoms with Gasteiger partial charge >= 0.3 is 6.03 Å². The number of urea groups is 1. The summed E-state index contributed by atoms with van der Waals surface area (Å²) >= 11 is 0. The molecule has 0 aromatic heterocycles. The number of nitrogens with zero attached hydrogens (tertiary/aromatic N) is 1. The first-order valence-corrected chi connectivity index (χ1v) is 5.60. The summed E-state index contributed by atoms with van der Waals surface area (Å²) < 4.78 is 0. The van der Waals surface area contributed by atoms with Crippen LogP contribution in [-0.4, -0.2) is 35.1 Å². The summed E-state index contributed by atoms with van der Waals surface area (Å²) in [6, 6.07) is -0.349. The monoisotopic (exact) mass is 229 g/mol. The zero-order valence-electron chi connectivity index (χ0n) is 9.32. The molecule has 0 aromatic carbocycles. The Hall–Kier alpha value is -1.30. The molecule has 1 rings (SSSR count). The molecule has 92 valence electrons. The van der Waals surface area contributed by atoms with E-state index >= 15 is 0 Å². The smallest absolute Gasteiger partial charge is 0.314 e. The summed E-state index contributed by atoms with van der Waals surface area (Å²) in [5.74, 6) is 0.219. The van der Waals surface area contributed by atoms with Crippen molar-refractivity contribution in [2.75, 3.05) is 13.1 Å². The molecule has 16 heavy (non-hydrogen) atoms. The van der Waals surface area contributed by atoms with Crippen molar-refractivity contribution in [2.45, 2.75) is 32.1 Å². The van der Waals surface area contributed by atoms with Gasteiger partial charge in [0, 0.05) is 19.5 Å². The van der Waals surface area contributed by atoms with Gasteiger partial charge < -0.3 is 10.6 Å². The highest BCUT2D eigenvalue weighted by Crippen LogP contribution is 2.22. The molecule has 6 nitrogen and oxygen atoms in total. The standard InChI is InChI=1S/C10H19N3O3/c11-10(15)13-6-4-8(5-7-13)2-1-3-9(14)12-16/h8,16H,1-7H2,(H2,11,15)(H,12,14). The number of likely N-dealkylation sites (tertiary alicyclic amines) is 1. The third-order valence-electron chi connectivity index (χ3n) is 3.07. The van der Waals surface area contributed by atoms with Crippen LogP contribution in [0.15, 0.2) is 0 Å². The van der Waals surface area contributed by atoms with Gasteiger partial charge in [0.1, 0.15) is 0 Å². The number of hydrogen-bond donors (Lipinski definition) is 3. The number of hydroxylamine groups is 1. The highest BCUT2D eigenvalue weighted by molar-refractivity contribution is 5.74. The average Bonchev–Trinajstić information content (AvgIpc) is 2.29. The van der Waals surface area contributed by atoms with Gasteiger partial charge in [0.25, 0.3) is 0 Å². The first kappa shape index (κ1) is 12.8. The number of carbonyl (C=O) groups excluding carboxylic acids is 2. The van der Waals surface area contributed by atoms with E-state index in [2.05, 4.69) is 0 Å². The topological polar surface area (TPSA) is 95.7 Å². The lowest BCUT2D eigenvalue weighted by Gasteiger charge is -2.30. The molecule has 0 aliphatic carbocycles. The van der Waals surface area contributed by atoms with Crippen LogP contribution in [0.3, 0.4) is 0 Å². The van der Waals surface area contributed by atoms with Crippen LogP contribution in [0.2, 0.25) is 0 Å². The fourth-order valence-corrected chi connectivity index (χ4v) is 2.05. The molecule has 6 heteroatoms. The Morgan fingerprint density at radius 1 is 1.38 bits per heavy atom. The molecule has 0 spiro atoms. The lowest BCUT2D eigenvalue weighted by molar-refractivity contribution is -0.129. The summed E-state index contributed by atoms with van der Waals surface area (Å²) in [5, 5.41) is 8.31. The largest absolute Gasteiger partial charge is 0.351 e. The Bertz CT molecular complexity index is 250. The predicted octanol–water partition coefficient (Wildman–Crippen LogP) is 0.453. The third-order valence-corrected chi connectivity index (χ3v) is 3.07. The molecule has 1 aliphatic heterocycles. The average molecular weight is 229 g/mol. The van der Waals surface area contributed by atoms with Gasteiger partial charge in [0.2, 0.25) is 5.91 Å². The minimum Gasteiger partial charge on any atom is -0.351 e. The maximum absolute atomic E-state index is 10.9. The lowest BCUT2D eigenvalue weighted by Crippen LogP contribution is -2.41. The van der Waals surface area contributed by atoms with E-state index in [-0.39, 0.29) is 11.9 Å². The summed E-state index contributed by atoms with van der Waals surface area (Å²) in [6.45, 7) is 1.43. The zero-order chi connectivity index (χ0) is 12.0. The van der Waals surface area contributed by atoms with Gasteiger partial charge in [-0.2, -0.15) is 0 Å². The van der Waals surface area contributed by atoms with Gasteiger partial charge in [-0.1, -0.05) is 0 Å². The van der Waals surface area contributed by atoms with Crippen molar-refractivity contribution in [3.63, 3.8) is 0 Å². The molecule has 1 aliphatic rings. The summed E-state index contributed by atoms with van der Waals surface area (Å²) in [7, 11) is 0. The number of hydrogen-bond acceptors (Lipinski definition) is 3. The molecule has 0 unspecified atom stereocenters. The van der Waals surface area contributed by atoms with Gasteiger partial charge in [-0.3, -0.25) is 10.0 Å². The van der Waals surface area contributed by atoms with Crippen LogP contribution in [-0.2, 0) is 4.79 Å². The minimum atomic E-state index is -0.349. The molecule has 1 heterocycles. The molecular weight excluding hydrogens is 210 g/mol. The van der Waals surface area contributed by atoms with Crippen molar-refractivity contribution >= 4 is 11.9 Å². The fourth-order valence-electron chi connectivity index (χ4n) is 2.05. The van der Waals surface area contributed by atoms with Crippen LogP contribution < -0.4 is 11.2 Å². The van der Waals surface area contributed by atoms with Crippen LogP contribution in [0.1, 0.15) is 32.1 Å². The quantitative estimate of drug-likeness (QED) is 0.482.